The fraction of sp³-hybridized carbons (Fsp3) is 0.667. The van der Waals surface area contributed by atoms with Crippen LogP contribution in [0.25, 0.3) is 0 Å². The van der Waals surface area contributed by atoms with Gasteiger partial charge in [-0.05, 0) is 0 Å². The second-order valence-corrected chi connectivity index (χ2v) is 2.32. The first-order chi connectivity index (χ1) is 4.37. The smallest absolute Gasteiger partial charge is 0.175 e. The summed E-state index contributed by atoms with van der Waals surface area (Å²) in [5, 5.41) is 0. The van der Waals surface area contributed by atoms with Crippen molar-refractivity contribution in [3.05, 3.63) is 12.0 Å². The molecule has 0 bridgehead atoms. The van der Waals surface area contributed by atoms with E-state index >= 15 is 0 Å². The molecule has 50 valence electrons. The summed E-state index contributed by atoms with van der Waals surface area (Å²) in [5.41, 5.74) is -0.172. The van der Waals surface area contributed by atoms with E-state index in [0.29, 0.717) is 6.61 Å². The standard InChI is InChI=1S/C6H8O3/c1-7-3-6(4-9-6)5-2-8-5/h2H,3-4H2,1H3. The highest BCUT2D eigenvalue weighted by Gasteiger charge is 2.54. The van der Waals surface area contributed by atoms with Gasteiger partial charge in [0.1, 0.15) is 6.26 Å². The maximum atomic E-state index is 5.14. The van der Waals surface area contributed by atoms with Gasteiger partial charge >= 0.3 is 0 Å². The van der Waals surface area contributed by atoms with Gasteiger partial charge in [0, 0.05) is 7.11 Å². The lowest BCUT2D eigenvalue weighted by atomic mass is 10.2. The maximum Gasteiger partial charge on any atom is 0.175 e. The van der Waals surface area contributed by atoms with Gasteiger partial charge < -0.3 is 14.2 Å². The number of ether oxygens (including phenoxy) is 3. The normalized spacial score (nSPS) is 37.2. The molecule has 0 radical (unpaired) electrons. The van der Waals surface area contributed by atoms with Gasteiger partial charge in [0.15, 0.2) is 11.4 Å². The fourth-order valence-corrected chi connectivity index (χ4v) is 0.861. The predicted octanol–water partition coefficient (Wildman–Crippen LogP) is 0.273. The lowest BCUT2D eigenvalue weighted by Gasteiger charge is -2.01. The molecule has 3 nitrogen and oxygen atoms in total. The Bertz CT molecular complexity index is 158. The molecule has 0 saturated carbocycles. The second kappa shape index (κ2) is 1.49. The lowest BCUT2D eigenvalue weighted by Crippen LogP contribution is -2.17. The van der Waals surface area contributed by atoms with Gasteiger partial charge in [-0.2, -0.15) is 0 Å². The monoisotopic (exact) mass is 128 g/mol. The lowest BCUT2D eigenvalue weighted by molar-refractivity contribution is 0.128. The zero-order valence-electron chi connectivity index (χ0n) is 5.22. The van der Waals surface area contributed by atoms with Gasteiger partial charge in [0.05, 0.1) is 13.2 Å². The van der Waals surface area contributed by atoms with E-state index in [9.17, 15) is 0 Å². The predicted molar refractivity (Wildman–Crippen MR) is 29.7 cm³/mol. The first-order valence-corrected chi connectivity index (χ1v) is 2.88. The van der Waals surface area contributed by atoms with Crippen molar-refractivity contribution in [2.45, 2.75) is 5.60 Å². The molecule has 1 atom stereocenters. The minimum atomic E-state index is -0.172. The fourth-order valence-electron chi connectivity index (χ4n) is 0.861. The van der Waals surface area contributed by atoms with Crippen LogP contribution in [0.15, 0.2) is 12.0 Å². The maximum absolute atomic E-state index is 5.14. The summed E-state index contributed by atoms with van der Waals surface area (Å²) in [5.74, 6) is 0.935. The van der Waals surface area contributed by atoms with Crippen molar-refractivity contribution in [3.8, 4) is 0 Å². The molecular formula is C6H8O3. The molecule has 0 aliphatic carbocycles. The van der Waals surface area contributed by atoms with Crippen LogP contribution in [0.2, 0.25) is 0 Å². The third kappa shape index (κ3) is 0.730. The zero-order chi connectivity index (χ0) is 6.32. The highest BCUT2D eigenvalue weighted by Crippen LogP contribution is 2.41. The van der Waals surface area contributed by atoms with Crippen LogP contribution in [0, 0.1) is 0 Å². The summed E-state index contributed by atoms with van der Waals surface area (Å²) in [6.07, 6.45) is 1.70. The molecule has 9 heavy (non-hydrogen) atoms. The van der Waals surface area contributed by atoms with Gasteiger partial charge in [-0.1, -0.05) is 0 Å². The van der Waals surface area contributed by atoms with Crippen LogP contribution in [0.5, 0.6) is 0 Å². The first kappa shape index (κ1) is 5.26. The van der Waals surface area contributed by atoms with E-state index in [1.165, 1.54) is 0 Å². The Kier molecular flexibility index (Phi) is 0.870. The average Bonchev–Trinajstić information content (AvgIpc) is 2.61. The Morgan fingerprint density at radius 1 is 1.89 bits per heavy atom. The summed E-state index contributed by atoms with van der Waals surface area (Å²) in [6, 6.07) is 0. The third-order valence-electron chi connectivity index (χ3n) is 1.56. The summed E-state index contributed by atoms with van der Waals surface area (Å²) >= 11 is 0. The van der Waals surface area contributed by atoms with E-state index in [2.05, 4.69) is 0 Å². The van der Waals surface area contributed by atoms with Crippen molar-refractivity contribution in [1.82, 2.24) is 0 Å². The van der Waals surface area contributed by atoms with Crippen LogP contribution in [-0.2, 0) is 14.2 Å². The van der Waals surface area contributed by atoms with Crippen molar-refractivity contribution in [3.63, 3.8) is 0 Å². The molecule has 0 aromatic heterocycles. The Balaban J connectivity index is 1.97. The number of methoxy groups -OCH3 is 1. The van der Waals surface area contributed by atoms with E-state index in [-0.39, 0.29) is 5.60 Å². The van der Waals surface area contributed by atoms with Crippen LogP contribution >= 0.6 is 0 Å². The van der Waals surface area contributed by atoms with E-state index in [4.69, 9.17) is 14.2 Å². The van der Waals surface area contributed by atoms with Crippen LogP contribution in [0.1, 0.15) is 0 Å². The van der Waals surface area contributed by atoms with Crippen molar-refractivity contribution in [2.75, 3.05) is 20.3 Å². The minimum absolute atomic E-state index is 0.172. The Morgan fingerprint density at radius 3 is 2.89 bits per heavy atom. The molecule has 1 unspecified atom stereocenters. The second-order valence-electron chi connectivity index (χ2n) is 2.32. The summed E-state index contributed by atoms with van der Waals surface area (Å²) in [7, 11) is 1.66. The van der Waals surface area contributed by atoms with Gasteiger partial charge in [-0.3, -0.25) is 0 Å². The van der Waals surface area contributed by atoms with Crippen molar-refractivity contribution in [1.29, 1.82) is 0 Å². The topological polar surface area (TPSA) is 34.3 Å². The van der Waals surface area contributed by atoms with E-state index in [1.807, 2.05) is 0 Å². The largest absolute Gasteiger partial charge is 0.459 e. The molecule has 2 heterocycles. The molecular weight excluding hydrogens is 120 g/mol. The van der Waals surface area contributed by atoms with E-state index in [1.54, 1.807) is 13.4 Å². The average molecular weight is 128 g/mol. The molecule has 2 rings (SSSR count). The molecule has 0 aromatic carbocycles. The summed E-state index contributed by atoms with van der Waals surface area (Å²) in [4.78, 5) is 0. The summed E-state index contributed by atoms with van der Waals surface area (Å²) in [6.45, 7) is 1.35. The Labute approximate surface area is 53.2 Å². The molecule has 0 spiro atoms. The summed E-state index contributed by atoms with van der Waals surface area (Å²) < 4.78 is 14.9. The SMILES string of the molecule is COCC1(C2=CO2)CO1. The number of epoxide rings is 1. The van der Waals surface area contributed by atoms with Gasteiger partial charge in [0.2, 0.25) is 0 Å². The number of hydrogen-bond donors (Lipinski definition) is 0. The molecule has 0 amide bonds. The molecule has 1 fully saturated rings. The van der Waals surface area contributed by atoms with Crippen LogP contribution in [0.3, 0.4) is 0 Å². The van der Waals surface area contributed by atoms with Gasteiger partial charge in [0.25, 0.3) is 0 Å². The van der Waals surface area contributed by atoms with Crippen LogP contribution in [0.4, 0.5) is 0 Å². The van der Waals surface area contributed by atoms with E-state index < -0.39 is 0 Å². The minimum Gasteiger partial charge on any atom is -0.459 e. The van der Waals surface area contributed by atoms with Crippen LogP contribution < -0.4 is 0 Å². The van der Waals surface area contributed by atoms with Gasteiger partial charge in [-0.25, -0.2) is 0 Å². The third-order valence-corrected chi connectivity index (χ3v) is 1.56. The quantitative estimate of drug-likeness (QED) is 0.512. The van der Waals surface area contributed by atoms with Crippen molar-refractivity contribution < 1.29 is 14.2 Å². The van der Waals surface area contributed by atoms with Crippen LogP contribution in [-0.4, -0.2) is 25.9 Å². The van der Waals surface area contributed by atoms with Crippen molar-refractivity contribution >= 4 is 0 Å². The molecule has 2 aliphatic rings. The molecule has 2 aliphatic heterocycles. The van der Waals surface area contributed by atoms with Gasteiger partial charge in [-0.15, -0.1) is 0 Å². The Hall–Kier alpha value is -0.540. The molecule has 3 heteroatoms. The Morgan fingerprint density at radius 2 is 2.56 bits per heavy atom. The van der Waals surface area contributed by atoms with Crippen molar-refractivity contribution in [2.24, 2.45) is 0 Å². The number of rotatable bonds is 3. The van der Waals surface area contributed by atoms with E-state index in [0.717, 1.165) is 12.4 Å². The molecule has 0 aromatic rings. The number of hydrogen-bond acceptors (Lipinski definition) is 3. The first-order valence-electron chi connectivity index (χ1n) is 2.88. The molecule has 0 N–H and O–H groups in total. The highest BCUT2D eigenvalue weighted by molar-refractivity contribution is 5.24. The highest BCUT2D eigenvalue weighted by atomic mass is 16.7. The zero-order valence-corrected chi connectivity index (χ0v) is 5.22. The molecule has 1 saturated heterocycles.